The van der Waals surface area contributed by atoms with Gasteiger partial charge in [0.1, 0.15) is 0 Å². The fraction of sp³-hybridized carbons (Fsp3) is 0.889. The Hall–Kier alpha value is 0.110. The van der Waals surface area contributed by atoms with E-state index in [4.69, 9.17) is 11.6 Å². The monoisotopic (exact) mass is 223 g/mol. The molecule has 0 atom stereocenters. The lowest BCUT2D eigenvalue weighted by Crippen LogP contribution is -2.25. The lowest BCUT2D eigenvalue weighted by atomic mass is 10.3. The molecule has 0 saturated carbocycles. The van der Waals surface area contributed by atoms with E-state index in [-0.39, 0.29) is 5.91 Å². The third-order valence-corrected chi connectivity index (χ3v) is 2.79. The van der Waals surface area contributed by atoms with E-state index in [9.17, 15) is 4.79 Å². The van der Waals surface area contributed by atoms with Crippen molar-refractivity contribution in [1.82, 2.24) is 5.32 Å². The summed E-state index contributed by atoms with van der Waals surface area (Å²) in [6.07, 6.45) is 1.32. The minimum Gasteiger partial charge on any atom is -0.355 e. The van der Waals surface area contributed by atoms with E-state index in [1.54, 1.807) is 0 Å². The Labute approximate surface area is 89.8 Å². The highest BCUT2D eigenvalue weighted by atomic mass is 35.5. The van der Waals surface area contributed by atoms with Crippen LogP contribution in [0.2, 0.25) is 0 Å². The van der Waals surface area contributed by atoms with Crippen LogP contribution in [0.3, 0.4) is 0 Å². The molecule has 2 nitrogen and oxygen atoms in total. The second kappa shape index (κ2) is 8.70. The molecular weight excluding hydrogens is 206 g/mol. The summed E-state index contributed by atoms with van der Waals surface area (Å²) in [5, 5.41) is 3.49. The van der Waals surface area contributed by atoms with Crippen LogP contribution in [0.5, 0.6) is 0 Å². The zero-order valence-corrected chi connectivity index (χ0v) is 9.88. The van der Waals surface area contributed by atoms with E-state index < -0.39 is 0 Å². The fourth-order valence-electron chi connectivity index (χ4n) is 0.801. The van der Waals surface area contributed by atoms with Gasteiger partial charge in [0.15, 0.2) is 0 Å². The smallest absolute Gasteiger partial charge is 0.220 e. The summed E-state index contributed by atoms with van der Waals surface area (Å²) in [6.45, 7) is 5.07. The van der Waals surface area contributed by atoms with Gasteiger partial charge in [-0.15, -0.1) is 11.6 Å². The fourth-order valence-corrected chi connectivity index (χ4v) is 1.63. The molecular formula is C9H18ClNOS. The zero-order chi connectivity index (χ0) is 10.1. The predicted molar refractivity (Wildman–Crippen MR) is 60.6 cm³/mol. The number of hydrogen-bond acceptors (Lipinski definition) is 2. The van der Waals surface area contributed by atoms with Crippen molar-refractivity contribution < 1.29 is 4.79 Å². The maximum absolute atomic E-state index is 11.1. The van der Waals surface area contributed by atoms with Crippen LogP contribution < -0.4 is 5.32 Å². The summed E-state index contributed by atoms with van der Waals surface area (Å²) in [5.74, 6) is 1.67. The second-order valence-electron chi connectivity index (χ2n) is 3.06. The van der Waals surface area contributed by atoms with Gasteiger partial charge in [-0.25, -0.2) is 0 Å². The van der Waals surface area contributed by atoms with Crippen LogP contribution in [0.25, 0.3) is 0 Å². The molecule has 0 aromatic carbocycles. The van der Waals surface area contributed by atoms with Gasteiger partial charge in [0.2, 0.25) is 5.91 Å². The van der Waals surface area contributed by atoms with Crippen LogP contribution in [-0.2, 0) is 4.79 Å². The quantitative estimate of drug-likeness (QED) is 0.530. The summed E-state index contributed by atoms with van der Waals surface area (Å²) in [4.78, 5) is 11.1. The first kappa shape index (κ1) is 13.1. The highest BCUT2D eigenvalue weighted by molar-refractivity contribution is 7.99. The number of amides is 1. The Morgan fingerprint density at radius 1 is 1.54 bits per heavy atom. The van der Waals surface area contributed by atoms with E-state index in [0.29, 0.717) is 17.6 Å². The van der Waals surface area contributed by atoms with Crippen LogP contribution in [0, 0.1) is 0 Å². The molecule has 0 heterocycles. The number of alkyl halides is 1. The van der Waals surface area contributed by atoms with E-state index in [1.165, 1.54) is 0 Å². The van der Waals surface area contributed by atoms with Crippen molar-refractivity contribution in [2.45, 2.75) is 31.9 Å². The number of nitrogens with one attached hydrogen (secondary N) is 1. The molecule has 0 aliphatic rings. The maximum atomic E-state index is 11.1. The van der Waals surface area contributed by atoms with Gasteiger partial charge in [-0.1, -0.05) is 13.8 Å². The topological polar surface area (TPSA) is 29.1 Å². The standard InChI is InChI=1S/C9H18ClNOS/c1-8(2)13-7-6-11-9(12)4-3-5-10/h8H,3-7H2,1-2H3,(H,11,12). The molecule has 0 spiro atoms. The molecule has 1 N–H and O–H groups in total. The third-order valence-electron chi connectivity index (χ3n) is 1.41. The van der Waals surface area contributed by atoms with Crippen molar-refractivity contribution in [3.63, 3.8) is 0 Å². The molecule has 0 bridgehead atoms. The van der Waals surface area contributed by atoms with Crippen LogP contribution >= 0.6 is 23.4 Å². The number of hydrogen-bond donors (Lipinski definition) is 1. The molecule has 0 unspecified atom stereocenters. The van der Waals surface area contributed by atoms with Gasteiger partial charge in [-0.3, -0.25) is 4.79 Å². The Morgan fingerprint density at radius 2 is 2.23 bits per heavy atom. The van der Waals surface area contributed by atoms with Gasteiger partial charge in [-0.2, -0.15) is 11.8 Å². The molecule has 0 rings (SSSR count). The first-order chi connectivity index (χ1) is 6.16. The largest absolute Gasteiger partial charge is 0.355 e. The number of rotatable bonds is 7. The summed E-state index contributed by atoms with van der Waals surface area (Å²) in [5.41, 5.74) is 0. The third kappa shape index (κ3) is 10.0. The first-order valence-corrected chi connectivity index (χ1v) is 6.19. The summed E-state index contributed by atoms with van der Waals surface area (Å²) >= 11 is 7.32. The number of thioether (sulfide) groups is 1. The van der Waals surface area contributed by atoms with Crippen molar-refractivity contribution in [1.29, 1.82) is 0 Å². The van der Waals surface area contributed by atoms with Crippen LogP contribution in [0.15, 0.2) is 0 Å². The Morgan fingerprint density at radius 3 is 2.77 bits per heavy atom. The van der Waals surface area contributed by atoms with Gasteiger partial charge in [-0.05, 0) is 11.7 Å². The molecule has 0 fully saturated rings. The normalized spacial score (nSPS) is 10.5. The van der Waals surface area contributed by atoms with Gasteiger partial charge in [0.05, 0.1) is 0 Å². The van der Waals surface area contributed by atoms with Gasteiger partial charge in [0.25, 0.3) is 0 Å². The van der Waals surface area contributed by atoms with Crippen LogP contribution in [0.4, 0.5) is 0 Å². The lowest BCUT2D eigenvalue weighted by Gasteiger charge is -2.06. The molecule has 1 amide bonds. The molecule has 78 valence electrons. The van der Waals surface area contributed by atoms with Crippen molar-refractivity contribution in [2.24, 2.45) is 0 Å². The maximum Gasteiger partial charge on any atom is 0.220 e. The Balaban J connectivity index is 3.17. The van der Waals surface area contributed by atoms with Crippen molar-refractivity contribution >= 4 is 29.3 Å². The zero-order valence-electron chi connectivity index (χ0n) is 8.31. The molecule has 4 heteroatoms. The summed E-state index contributed by atoms with van der Waals surface area (Å²) < 4.78 is 0. The Kier molecular flexibility index (Phi) is 8.77. The number of halogens is 1. The highest BCUT2D eigenvalue weighted by Gasteiger charge is 1.99. The molecule has 0 aromatic heterocycles. The van der Waals surface area contributed by atoms with Gasteiger partial charge >= 0.3 is 0 Å². The Bertz CT molecular complexity index is 142. The molecule has 0 radical (unpaired) electrons. The average Bonchev–Trinajstić information content (AvgIpc) is 2.08. The van der Waals surface area contributed by atoms with Crippen molar-refractivity contribution in [2.75, 3.05) is 18.2 Å². The molecule has 0 aliphatic heterocycles. The molecule has 0 aromatic rings. The van der Waals surface area contributed by atoms with E-state index in [1.807, 2.05) is 11.8 Å². The summed E-state index contributed by atoms with van der Waals surface area (Å²) in [7, 11) is 0. The molecule has 13 heavy (non-hydrogen) atoms. The van der Waals surface area contributed by atoms with Gasteiger partial charge in [0, 0.05) is 24.6 Å². The minimum absolute atomic E-state index is 0.116. The van der Waals surface area contributed by atoms with Crippen molar-refractivity contribution in [3.05, 3.63) is 0 Å². The summed E-state index contributed by atoms with van der Waals surface area (Å²) in [6, 6.07) is 0. The average molecular weight is 224 g/mol. The van der Waals surface area contributed by atoms with E-state index in [2.05, 4.69) is 19.2 Å². The van der Waals surface area contributed by atoms with E-state index >= 15 is 0 Å². The van der Waals surface area contributed by atoms with E-state index in [0.717, 1.165) is 18.7 Å². The number of carbonyl (C=O) groups is 1. The lowest BCUT2D eigenvalue weighted by molar-refractivity contribution is -0.120. The SMILES string of the molecule is CC(C)SCCNC(=O)CCCCl. The van der Waals surface area contributed by atoms with Gasteiger partial charge < -0.3 is 5.32 Å². The second-order valence-corrected chi connectivity index (χ2v) is 5.12. The number of carbonyl (C=O) groups excluding carboxylic acids is 1. The molecule has 0 aliphatic carbocycles. The van der Waals surface area contributed by atoms with Crippen molar-refractivity contribution in [3.8, 4) is 0 Å². The molecule has 0 saturated heterocycles. The minimum atomic E-state index is 0.116. The highest BCUT2D eigenvalue weighted by Crippen LogP contribution is 2.06. The first-order valence-electron chi connectivity index (χ1n) is 4.61. The van der Waals surface area contributed by atoms with Crippen LogP contribution in [-0.4, -0.2) is 29.3 Å². The van der Waals surface area contributed by atoms with Crippen LogP contribution in [0.1, 0.15) is 26.7 Å². The predicted octanol–water partition coefficient (Wildman–Crippen LogP) is 2.26.